The summed E-state index contributed by atoms with van der Waals surface area (Å²) in [4.78, 5) is 0. The quantitative estimate of drug-likeness (QED) is 0.464. The van der Waals surface area contributed by atoms with Crippen molar-refractivity contribution in [2.24, 2.45) is 34.0 Å². The van der Waals surface area contributed by atoms with E-state index in [0.29, 0.717) is 16.2 Å². The van der Waals surface area contributed by atoms with Crippen LogP contribution in [-0.2, 0) is 0 Å². The first-order valence-electron chi connectivity index (χ1n) is 8.74. The van der Waals surface area contributed by atoms with E-state index in [1.54, 1.807) is 0 Å². The van der Waals surface area contributed by atoms with Gasteiger partial charge in [0.2, 0.25) is 0 Å². The fourth-order valence-corrected chi connectivity index (χ4v) is 3.55. The van der Waals surface area contributed by atoms with Crippen molar-refractivity contribution in [1.82, 2.24) is 0 Å². The Kier molecular flexibility index (Phi) is 6.84. The summed E-state index contributed by atoms with van der Waals surface area (Å²) in [5.41, 5.74) is 1.23. The van der Waals surface area contributed by atoms with Gasteiger partial charge < -0.3 is 0 Å². The maximum absolute atomic E-state index is 2.54. The third-order valence-corrected chi connectivity index (χ3v) is 6.20. The zero-order chi connectivity index (χ0) is 16.4. The highest BCUT2D eigenvalue weighted by atomic mass is 14.5. The Labute approximate surface area is 130 Å². The minimum atomic E-state index is 0.386. The van der Waals surface area contributed by atoms with Gasteiger partial charge in [0.15, 0.2) is 0 Å². The van der Waals surface area contributed by atoms with E-state index in [1.807, 2.05) is 0 Å². The molecule has 0 heteroatoms. The van der Waals surface area contributed by atoms with Crippen LogP contribution in [-0.4, -0.2) is 0 Å². The smallest absolute Gasteiger partial charge is 0.0249 e. The average Bonchev–Trinajstić information content (AvgIpc) is 2.23. The highest BCUT2D eigenvalue weighted by Crippen LogP contribution is 2.54. The molecular formula is C20H42. The van der Waals surface area contributed by atoms with Gasteiger partial charge in [0.25, 0.3) is 0 Å². The van der Waals surface area contributed by atoms with E-state index in [1.165, 1.54) is 19.3 Å². The van der Waals surface area contributed by atoms with Crippen molar-refractivity contribution in [2.75, 3.05) is 0 Å². The van der Waals surface area contributed by atoms with Crippen LogP contribution in [0.5, 0.6) is 0 Å². The first-order chi connectivity index (χ1) is 8.74. The van der Waals surface area contributed by atoms with Gasteiger partial charge in [0, 0.05) is 0 Å². The standard InChI is InChI=1S/C20H42/c1-15(2)14-17(5)19(9,10)20(11,16(3)4)13-12-18(6,7)8/h15-17H,12-14H2,1-11H3. The SMILES string of the molecule is CC(C)CC(C)C(C)(C)C(C)(CCC(C)(C)C)C(C)C. The van der Waals surface area contributed by atoms with Crippen LogP contribution in [0.15, 0.2) is 0 Å². The Morgan fingerprint density at radius 2 is 1.15 bits per heavy atom. The van der Waals surface area contributed by atoms with E-state index in [4.69, 9.17) is 0 Å². The number of hydrogen-bond acceptors (Lipinski definition) is 0. The highest BCUT2D eigenvalue weighted by molar-refractivity contribution is 4.95. The maximum atomic E-state index is 2.54. The summed E-state index contributed by atoms with van der Waals surface area (Å²) >= 11 is 0. The topological polar surface area (TPSA) is 0 Å². The largest absolute Gasteiger partial charge is 0.0628 e. The molecule has 0 aliphatic rings. The molecule has 0 fully saturated rings. The molecule has 0 saturated heterocycles. The molecule has 2 atom stereocenters. The van der Waals surface area contributed by atoms with E-state index in [-0.39, 0.29) is 0 Å². The van der Waals surface area contributed by atoms with Gasteiger partial charge in [0.05, 0.1) is 0 Å². The molecule has 122 valence electrons. The fourth-order valence-electron chi connectivity index (χ4n) is 3.55. The molecular weight excluding hydrogens is 240 g/mol. The molecule has 0 aliphatic heterocycles. The Bertz CT molecular complexity index is 277. The lowest BCUT2D eigenvalue weighted by molar-refractivity contribution is -0.0313. The van der Waals surface area contributed by atoms with Gasteiger partial charge in [0.1, 0.15) is 0 Å². The van der Waals surface area contributed by atoms with E-state index in [2.05, 4.69) is 76.2 Å². The van der Waals surface area contributed by atoms with Crippen LogP contribution < -0.4 is 0 Å². The fraction of sp³-hybridized carbons (Fsp3) is 1.00. The van der Waals surface area contributed by atoms with Gasteiger partial charge in [-0.1, -0.05) is 76.2 Å². The van der Waals surface area contributed by atoms with Crippen LogP contribution in [0.2, 0.25) is 0 Å². The van der Waals surface area contributed by atoms with Gasteiger partial charge >= 0.3 is 0 Å². The zero-order valence-corrected chi connectivity index (χ0v) is 16.4. The summed E-state index contributed by atoms with van der Waals surface area (Å²) in [6, 6.07) is 0. The van der Waals surface area contributed by atoms with Crippen LogP contribution in [0.4, 0.5) is 0 Å². The summed E-state index contributed by atoms with van der Waals surface area (Å²) < 4.78 is 0. The number of hydrogen-bond donors (Lipinski definition) is 0. The van der Waals surface area contributed by atoms with E-state index < -0.39 is 0 Å². The van der Waals surface area contributed by atoms with Gasteiger partial charge in [-0.2, -0.15) is 0 Å². The van der Waals surface area contributed by atoms with E-state index >= 15 is 0 Å². The summed E-state index contributed by atoms with van der Waals surface area (Å²) in [7, 11) is 0. The molecule has 0 bridgehead atoms. The normalized spacial score (nSPS) is 18.4. The molecule has 0 aromatic heterocycles. The molecule has 0 saturated carbocycles. The van der Waals surface area contributed by atoms with E-state index in [9.17, 15) is 0 Å². The first kappa shape index (κ1) is 20.0. The van der Waals surface area contributed by atoms with Crippen LogP contribution in [0, 0.1) is 34.0 Å². The Hall–Kier alpha value is 0. The minimum absolute atomic E-state index is 0.386. The second kappa shape index (κ2) is 6.84. The first-order valence-corrected chi connectivity index (χ1v) is 8.74. The molecule has 0 N–H and O–H groups in total. The monoisotopic (exact) mass is 282 g/mol. The molecule has 2 unspecified atom stereocenters. The Morgan fingerprint density at radius 1 is 0.700 bits per heavy atom. The van der Waals surface area contributed by atoms with Gasteiger partial charge in [-0.25, -0.2) is 0 Å². The summed E-state index contributed by atoms with van der Waals surface area (Å²) in [6.07, 6.45) is 3.99. The van der Waals surface area contributed by atoms with Crippen molar-refractivity contribution in [3.63, 3.8) is 0 Å². The average molecular weight is 283 g/mol. The zero-order valence-electron chi connectivity index (χ0n) is 16.4. The third kappa shape index (κ3) is 5.08. The lowest BCUT2D eigenvalue weighted by atomic mass is 9.53. The molecule has 0 rings (SSSR count). The van der Waals surface area contributed by atoms with Crippen molar-refractivity contribution in [2.45, 2.75) is 95.4 Å². The maximum Gasteiger partial charge on any atom is -0.0249 e. The lowest BCUT2D eigenvalue weighted by Crippen LogP contribution is -2.44. The van der Waals surface area contributed by atoms with Crippen LogP contribution in [0.25, 0.3) is 0 Å². The van der Waals surface area contributed by atoms with E-state index in [0.717, 1.165) is 17.8 Å². The van der Waals surface area contributed by atoms with Gasteiger partial charge in [-0.05, 0) is 53.3 Å². The number of rotatable bonds is 7. The van der Waals surface area contributed by atoms with Crippen molar-refractivity contribution in [1.29, 1.82) is 0 Å². The van der Waals surface area contributed by atoms with Gasteiger partial charge in [-0.3, -0.25) is 0 Å². The van der Waals surface area contributed by atoms with Crippen molar-refractivity contribution in [3.8, 4) is 0 Å². The summed E-state index contributed by atoms with van der Waals surface area (Å²) in [6.45, 7) is 26.7. The molecule has 20 heavy (non-hydrogen) atoms. The molecule has 0 aromatic rings. The predicted molar refractivity (Wildman–Crippen MR) is 94.0 cm³/mol. The molecule has 0 spiro atoms. The molecule has 0 nitrogen and oxygen atoms in total. The highest BCUT2D eigenvalue weighted by Gasteiger charge is 2.46. The molecule has 0 aliphatic carbocycles. The molecule has 0 heterocycles. The predicted octanol–water partition coefficient (Wildman–Crippen LogP) is 7.18. The summed E-state index contributed by atoms with van der Waals surface area (Å²) in [5, 5.41) is 0. The van der Waals surface area contributed by atoms with Crippen LogP contribution in [0.3, 0.4) is 0 Å². The van der Waals surface area contributed by atoms with Crippen LogP contribution in [0.1, 0.15) is 95.4 Å². The second-order valence-corrected chi connectivity index (χ2v) is 9.89. The van der Waals surface area contributed by atoms with Gasteiger partial charge in [-0.15, -0.1) is 0 Å². The minimum Gasteiger partial charge on any atom is -0.0628 e. The summed E-state index contributed by atoms with van der Waals surface area (Å²) in [5.74, 6) is 2.30. The van der Waals surface area contributed by atoms with Crippen molar-refractivity contribution >= 4 is 0 Å². The Balaban J connectivity index is 5.22. The molecule has 0 aromatic carbocycles. The molecule has 0 amide bonds. The Morgan fingerprint density at radius 3 is 1.45 bits per heavy atom. The van der Waals surface area contributed by atoms with Crippen molar-refractivity contribution in [3.05, 3.63) is 0 Å². The molecule has 0 radical (unpaired) electrons. The third-order valence-electron chi connectivity index (χ3n) is 6.20. The lowest BCUT2D eigenvalue weighted by Gasteiger charge is -2.52. The van der Waals surface area contributed by atoms with Crippen LogP contribution >= 0.6 is 0 Å². The second-order valence-electron chi connectivity index (χ2n) is 9.89. The van der Waals surface area contributed by atoms with Crippen molar-refractivity contribution < 1.29 is 0 Å².